The van der Waals surface area contributed by atoms with E-state index in [1.165, 1.54) is 0 Å². The summed E-state index contributed by atoms with van der Waals surface area (Å²) in [5, 5.41) is 2.92. The van der Waals surface area contributed by atoms with Gasteiger partial charge in [0.15, 0.2) is 5.82 Å². The third-order valence-electron chi connectivity index (χ3n) is 4.77. The molecule has 0 fully saturated rings. The van der Waals surface area contributed by atoms with Crippen molar-refractivity contribution in [2.24, 2.45) is 0 Å². The van der Waals surface area contributed by atoms with Gasteiger partial charge in [0.2, 0.25) is 0 Å². The van der Waals surface area contributed by atoms with Crippen molar-refractivity contribution in [3.05, 3.63) is 120 Å². The number of carbonyl (C=O) groups excluding carboxylic acids is 1. The molecule has 1 heterocycles. The van der Waals surface area contributed by atoms with Crippen LogP contribution in [0.15, 0.2) is 97.3 Å². The number of carbonyl (C=O) groups is 1. The van der Waals surface area contributed by atoms with E-state index >= 15 is 0 Å². The minimum Gasteiger partial charge on any atom is -0.372 e. The van der Waals surface area contributed by atoms with E-state index in [1.54, 1.807) is 12.4 Å². The summed E-state index contributed by atoms with van der Waals surface area (Å²) in [6.45, 7) is 1.51. The van der Waals surface area contributed by atoms with Crippen molar-refractivity contribution in [3.8, 4) is 11.4 Å². The van der Waals surface area contributed by atoms with Crippen molar-refractivity contribution in [1.82, 2.24) is 15.3 Å². The predicted octanol–water partition coefficient (Wildman–Crippen LogP) is 4.79. The normalized spacial score (nSPS) is 10.6. The second-order valence-corrected chi connectivity index (χ2v) is 7.14. The van der Waals surface area contributed by atoms with Gasteiger partial charge in [-0.3, -0.25) is 4.79 Å². The largest absolute Gasteiger partial charge is 0.372 e. The molecule has 0 aliphatic rings. The van der Waals surface area contributed by atoms with E-state index in [9.17, 15) is 4.79 Å². The maximum absolute atomic E-state index is 12.5. The molecular formula is C26H23N3O2. The zero-order valence-electron chi connectivity index (χ0n) is 17.1. The molecule has 4 rings (SSSR count). The second-order valence-electron chi connectivity index (χ2n) is 7.14. The highest BCUT2D eigenvalue weighted by atomic mass is 16.5. The van der Waals surface area contributed by atoms with Gasteiger partial charge >= 0.3 is 0 Å². The standard InChI is InChI=1S/C26H23N3O2/c30-26(24-16-27-25(28-17-24)23-12-5-2-6-13-23)29-15-21-10-7-11-22(14-21)19-31-18-20-8-3-1-4-9-20/h1-14,16-17H,15,18-19H2,(H,29,30). The number of hydrogen-bond donors (Lipinski definition) is 1. The van der Waals surface area contributed by atoms with Gasteiger partial charge in [0.25, 0.3) is 5.91 Å². The number of benzene rings is 3. The van der Waals surface area contributed by atoms with Crippen molar-refractivity contribution in [3.63, 3.8) is 0 Å². The highest BCUT2D eigenvalue weighted by molar-refractivity contribution is 5.93. The average molecular weight is 409 g/mol. The van der Waals surface area contributed by atoms with Crippen molar-refractivity contribution in [1.29, 1.82) is 0 Å². The van der Waals surface area contributed by atoms with Crippen LogP contribution in [0.25, 0.3) is 11.4 Å². The van der Waals surface area contributed by atoms with Crippen molar-refractivity contribution < 1.29 is 9.53 Å². The molecule has 0 unspecified atom stereocenters. The van der Waals surface area contributed by atoms with E-state index in [2.05, 4.69) is 15.3 Å². The Balaban J connectivity index is 1.29. The molecule has 1 aromatic heterocycles. The maximum atomic E-state index is 12.5. The third-order valence-corrected chi connectivity index (χ3v) is 4.77. The molecule has 31 heavy (non-hydrogen) atoms. The Bertz CT molecular complexity index is 1110. The Morgan fingerprint density at radius 3 is 2.10 bits per heavy atom. The fourth-order valence-electron chi connectivity index (χ4n) is 3.16. The Labute approximate surface area is 181 Å². The van der Waals surface area contributed by atoms with Gasteiger partial charge in [0.1, 0.15) is 0 Å². The van der Waals surface area contributed by atoms with E-state index in [1.807, 2.05) is 84.9 Å². The van der Waals surface area contributed by atoms with Gasteiger partial charge < -0.3 is 10.1 Å². The van der Waals surface area contributed by atoms with Gasteiger partial charge in [-0.1, -0.05) is 84.9 Å². The monoisotopic (exact) mass is 409 g/mol. The maximum Gasteiger partial charge on any atom is 0.254 e. The molecule has 1 N–H and O–H groups in total. The van der Waals surface area contributed by atoms with Crippen molar-refractivity contribution >= 4 is 5.91 Å². The Morgan fingerprint density at radius 2 is 1.35 bits per heavy atom. The van der Waals surface area contributed by atoms with E-state index < -0.39 is 0 Å². The first-order valence-corrected chi connectivity index (χ1v) is 10.1. The molecule has 0 bridgehead atoms. The number of hydrogen-bond acceptors (Lipinski definition) is 4. The van der Waals surface area contributed by atoms with Gasteiger partial charge in [-0.25, -0.2) is 9.97 Å². The van der Waals surface area contributed by atoms with Crippen molar-refractivity contribution in [2.75, 3.05) is 0 Å². The van der Waals surface area contributed by atoms with Gasteiger partial charge in [0, 0.05) is 24.5 Å². The molecule has 0 radical (unpaired) electrons. The minimum atomic E-state index is -0.203. The molecular weight excluding hydrogens is 386 g/mol. The molecule has 3 aromatic carbocycles. The molecule has 0 aliphatic heterocycles. The molecule has 0 saturated carbocycles. The van der Waals surface area contributed by atoms with Crippen LogP contribution >= 0.6 is 0 Å². The lowest BCUT2D eigenvalue weighted by Gasteiger charge is -2.09. The molecule has 0 saturated heterocycles. The Hall–Kier alpha value is -3.83. The number of rotatable bonds is 8. The summed E-state index contributed by atoms with van der Waals surface area (Å²) in [5.41, 5.74) is 4.57. The van der Waals surface area contributed by atoms with E-state index in [4.69, 9.17) is 4.74 Å². The van der Waals surface area contributed by atoms with Crippen LogP contribution in [0, 0.1) is 0 Å². The molecule has 1 amide bonds. The van der Waals surface area contributed by atoms with Gasteiger partial charge in [-0.15, -0.1) is 0 Å². The Kier molecular flexibility index (Phi) is 6.78. The molecule has 5 nitrogen and oxygen atoms in total. The van der Waals surface area contributed by atoms with Gasteiger partial charge in [0.05, 0.1) is 18.8 Å². The summed E-state index contributed by atoms with van der Waals surface area (Å²) < 4.78 is 5.80. The van der Waals surface area contributed by atoms with Crippen molar-refractivity contribution in [2.45, 2.75) is 19.8 Å². The van der Waals surface area contributed by atoms with Crippen LogP contribution < -0.4 is 5.32 Å². The number of ether oxygens (including phenoxy) is 1. The molecule has 4 aromatic rings. The first-order valence-electron chi connectivity index (χ1n) is 10.1. The predicted molar refractivity (Wildman–Crippen MR) is 120 cm³/mol. The smallest absolute Gasteiger partial charge is 0.254 e. The lowest BCUT2D eigenvalue weighted by molar-refractivity contribution is 0.0950. The lowest BCUT2D eigenvalue weighted by Crippen LogP contribution is -2.23. The zero-order valence-corrected chi connectivity index (χ0v) is 17.1. The average Bonchev–Trinajstić information content (AvgIpc) is 2.84. The summed E-state index contributed by atoms with van der Waals surface area (Å²) in [4.78, 5) is 21.1. The van der Waals surface area contributed by atoms with Crippen LogP contribution in [0.3, 0.4) is 0 Å². The van der Waals surface area contributed by atoms with E-state index in [0.717, 1.165) is 22.3 Å². The van der Waals surface area contributed by atoms with E-state index in [-0.39, 0.29) is 5.91 Å². The summed E-state index contributed by atoms with van der Waals surface area (Å²) in [6.07, 6.45) is 3.11. The molecule has 0 atom stereocenters. The van der Waals surface area contributed by atoms with Gasteiger partial charge in [-0.05, 0) is 16.7 Å². The number of nitrogens with one attached hydrogen (secondary N) is 1. The van der Waals surface area contributed by atoms with Crippen LogP contribution in [-0.4, -0.2) is 15.9 Å². The SMILES string of the molecule is O=C(NCc1cccc(COCc2ccccc2)c1)c1cnc(-c2ccccc2)nc1. The summed E-state index contributed by atoms with van der Waals surface area (Å²) in [5.74, 6) is 0.394. The van der Waals surface area contributed by atoms with Crippen LogP contribution in [0.4, 0.5) is 0 Å². The summed E-state index contributed by atoms with van der Waals surface area (Å²) in [7, 11) is 0. The molecule has 0 aliphatic carbocycles. The quantitative estimate of drug-likeness (QED) is 0.454. The van der Waals surface area contributed by atoms with Crippen LogP contribution in [-0.2, 0) is 24.5 Å². The van der Waals surface area contributed by atoms with Crippen LogP contribution in [0.2, 0.25) is 0 Å². The zero-order chi connectivity index (χ0) is 21.3. The fourth-order valence-corrected chi connectivity index (χ4v) is 3.16. The summed E-state index contributed by atoms with van der Waals surface area (Å²) >= 11 is 0. The first kappa shape index (κ1) is 20.4. The second kappa shape index (κ2) is 10.3. The lowest BCUT2D eigenvalue weighted by atomic mass is 10.1. The topological polar surface area (TPSA) is 64.1 Å². The van der Waals surface area contributed by atoms with E-state index in [0.29, 0.717) is 31.1 Å². The number of aromatic nitrogens is 2. The molecule has 5 heteroatoms. The van der Waals surface area contributed by atoms with Gasteiger partial charge in [-0.2, -0.15) is 0 Å². The van der Waals surface area contributed by atoms with Crippen LogP contribution in [0.5, 0.6) is 0 Å². The highest BCUT2D eigenvalue weighted by Crippen LogP contribution is 2.13. The molecule has 154 valence electrons. The fraction of sp³-hybridized carbons (Fsp3) is 0.115. The summed E-state index contributed by atoms with van der Waals surface area (Å²) in [6, 6.07) is 27.8. The highest BCUT2D eigenvalue weighted by Gasteiger charge is 2.08. The number of nitrogens with zero attached hydrogens (tertiary/aromatic N) is 2. The number of amides is 1. The third kappa shape index (κ3) is 5.84. The minimum absolute atomic E-state index is 0.203. The van der Waals surface area contributed by atoms with Crippen LogP contribution in [0.1, 0.15) is 27.0 Å². The molecule has 0 spiro atoms. The first-order chi connectivity index (χ1) is 15.3. The Morgan fingerprint density at radius 1 is 0.742 bits per heavy atom.